The molecule has 0 saturated carbocycles. The maximum absolute atomic E-state index is 11.0. The number of halogens is 1. The van der Waals surface area contributed by atoms with E-state index in [1.165, 1.54) is 6.07 Å². The van der Waals surface area contributed by atoms with Crippen LogP contribution in [0.5, 0.6) is 0 Å². The van der Waals surface area contributed by atoms with Crippen LogP contribution in [0.2, 0.25) is 0 Å². The summed E-state index contributed by atoms with van der Waals surface area (Å²) in [5, 5.41) is 12.0. The molecule has 22 heavy (non-hydrogen) atoms. The van der Waals surface area contributed by atoms with Crippen molar-refractivity contribution in [3.05, 3.63) is 58.0 Å². The molecule has 2 N–H and O–H groups in total. The molecule has 0 aliphatic carbocycles. The van der Waals surface area contributed by atoms with E-state index in [0.29, 0.717) is 11.6 Å². The third-order valence-electron chi connectivity index (χ3n) is 2.85. The lowest BCUT2D eigenvalue weighted by atomic mass is 10.2. The summed E-state index contributed by atoms with van der Waals surface area (Å²) in [6, 6.07) is 12.3. The minimum atomic E-state index is -0.971. The fourth-order valence-electron chi connectivity index (χ4n) is 1.87. The molecule has 0 unspecified atom stereocenters. The van der Waals surface area contributed by atoms with Gasteiger partial charge in [-0.15, -0.1) is 11.3 Å². The second-order valence-electron chi connectivity index (χ2n) is 4.38. The highest BCUT2D eigenvalue weighted by Gasteiger charge is 2.07. The maximum atomic E-state index is 11.0. The number of nitrogens with one attached hydrogen (secondary N) is 1. The van der Waals surface area contributed by atoms with Gasteiger partial charge < -0.3 is 10.4 Å². The zero-order chi connectivity index (χ0) is 15.5. The standard InChI is InChI=1S/C15H10BrN3O2S/c16-13-5-4-12(22-13)11-6-7-17-15(19-11)18-10-3-1-2-9(8-10)14(20)21/h1-8H,(H,20,21)(H,17,18,19). The van der Waals surface area contributed by atoms with Crippen LogP contribution >= 0.6 is 27.3 Å². The number of hydrogen-bond donors (Lipinski definition) is 2. The summed E-state index contributed by atoms with van der Waals surface area (Å²) < 4.78 is 1.03. The van der Waals surface area contributed by atoms with E-state index in [-0.39, 0.29) is 5.56 Å². The molecule has 2 heterocycles. The summed E-state index contributed by atoms with van der Waals surface area (Å²) >= 11 is 5.01. The summed E-state index contributed by atoms with van der Waals surface area (Å²) in [6.45, 7) is 0. The van der Waals surface area contributed by atoms with Crippen molar-refractivity contribution >= 4 is 44.9 Å². The second kappa shape index (κ2) is 6.25. The third-order valence-corrected chi connectivity index (χ3v) is 4.49. The molecule has 0 atom stereocenters. The normalized spacial score (nSPS) is 10.4. The highest BCUT2D eigenvalue weighted by atomic mass is 79.9. The number of carbonyl (C=O) groups is 1. The summed E-state index contributed by atoms with van der Waals surface area (Å²) in [6.07, 6.45) is 1.67. The Morgan fingerprint density at radius 1 is 1.23 bits per heavy atom. The van der Waals surface area contributed by atoms with Gasteiger partial charge in [0.25, 0.3) is 0 Å². The summed E-state index contributed by atoms with van der Waals surface area (Å²) in [7, 11) is 0. The van der Waals surface area contributed by atoms with Gasteiger partial charge in [-0.3, -0.25) is 0 Å². The molecule has 0 amide bonds. The molecule has 2 aromatic heterocycles. The number of carboxylic acid groups (broad SMARTS) is 1. The number of nitrogens with zero attached hydrogens (tertiary/aromatic N) is 2. The van der Waals surface area contributed by atoms with Gasteiger partial charge in [0.05, 0.1) is 19.9 Å². The largest absolute Gasteiger partial charge is 0.478 e. The second-order valence-corrected chi connectivity index (χ2v) is 6.84. The Morgan fingerprint density at radius 2 is 2.09 bits per heavy atom. The first-order valence-corrected chi connectivity index (χ1v) is 7.92. The van der Waals surface area contributed by atoms with Gasteiger partial charge >= 0.3 is 5.97 Å². The van der Waals surface area contributed by atoms with Crippen LogP contribution in [0.4, 0.5) is 11.6 Å². The number of aromatic nitrogens is 2. The van der Waals surface area contributed by atoms with Crippen molar-refractivity contribution in [2.75, 3.05) is 5.32 Å². The minimum Gasteiger partial charge on any atom is -0.478 e. The molecule has 0 aliphatic heterocycles. The van der Waals surface area contributed by atoms with Gasteiger partial charge in [0.1, 0.15) is 0 Å². The molecule has 0 radical (unpaired) electrons. The molecule has 0 spiro atoms. The van der Waals surface area contributed by atoms with Crippen molar-refractivity contribution in [3.8, 4) is 10.6 Å². The van der Waals surface area contributed by atoms with Gasteiger partial charge in [0.2, 0.25) is 5.95 Å². The van der Waals surface area contributed by atoms with Gasteiger partial charge in [0, 0.05) is 11.9 Å². The lowest BCUT2D eigenvalue weighted by Crippen LogP contribution is -2.00. The fraction of sp³-hybridized carbons (Fsp3) is 0. The Bertz CT molecular complexity index is 835. The van der Waals surface area contributed by atoms with Crippen molar-refractivity contribution in [2.45, 2.75) is 0 Å². The maximum Gasteiger partial charge on any atom is 0.335 e. The Kier molecular flexibility index (Phi) is 4.17. The Hall–Kier alpha value is -2.25. The van der Waals surface area contributed by atoms with Crippen LogP contribution in [0.3, 0.4) is 0 Å². The van der Waals surface area contributed by atoms with E-state index in [1.807, 2.05) is 18.2 Å². The smallest absolute Gasteiger partial charge is 0.335 e. The number of carboxylic acids is 1. The highest BCUT2D eigenvalue weighted by molar-refractivity contribution is 9.11. The molecule has 3 aromatic rings. The number of anilines is 2. The number of thiophene rings is 1. The quantitative estimate of drug-likeness (QED) is 0.706. The van der Waals surface area contributed by atoms with Crippen LogP contribution in [0.25, 0.3) is 10.6 Å². The molecule has 110 valence electrons. The van der Waals surface area contributed by atoms with Gasteiger partial charge in [-0.1, -0.05) is 6.07 Å². The SMILES string of the molecule is O=C(O)c1cccc(Nc2nccc(-c3ccc(Br)s3)n2)c1. The van der Waals surface area contributed by atoms with Crippen LogP contribution < -0.4 is 5.32 Å². The molecule has 0 saturated heterocycles. The Balaban J connectivity index is 1.87. The van der Waals surface area contributed by atoms with E-state index < -0.39 is 5.97 Å². The average molecular weight is 376 g/mol. The van der Waals surface area contributed by atoms with E-state index in [2.05, 4.69) is 31.2 Å². The van der Waals surface area contributed by atoms with Crippen molar-refractivity contribution < 1.29 is 9.90 Å². The number of aromatic carboxylic acids is 1. The van der Waals surface area contributed by atoms with Crippen LogP contribution in [0.1, 0.15) is 10.4 Å². The van der Waals surface area contributed by atoms with Gasteiger partial charge in [0.15, 0.2) is 0 Å². The van der Waals surface area contributed by atoms with E-state index in [9.17, 15) is 4.79 Å². The average Bonchev–Trinajstić information content (AvgIpc) is 2.94. The first kappa shape index (κ1) is 14.7. The molecule has 0 fully saturated rings. The molecule has 0 aliphatic rings. The van der Waals surface area contributed by atoms with E-state index in [1.54, 1.807) is 35.7 Å². The van der Waals surface area contributed by atoms with Gasteiger partial charge in [-0.25, -0.2) is 14.8 Å². The Labute approximate surface area is 138 Å². The van der Waals surface area contributed by atoms with E-state index in [0.717, 1.165) is 14.4 Å². The van der Waals surface area contributed by atoms with Crippen LogP contribution in [-0.2, 0) is 0 Å². The van der Waals surface area contributed by atoms with Crippen molar-refractivity contribution in [3.63, 3.8) is 0 Å². The van der Waals surface area contributed by atoms with E-state index >= 15 is 0 Å². The molecular formula is C15H10BrN3O2S. The first-order valence-electron chi connectivity index (χ1n) is 6.31. The van der Waals surface area contributed by atoms with E-state index in [4.69, 9.17) is 5.11 Å². The molecule has 3 rings (SSSR count). The van der Waals surface area contributed by atoms with Crippen LogP contribution in [-0.4, -0.2) is 21.0 Å². The molecular weight excluding hydrogens is 366 g/mol. The topological polar surface area (TPSA) is 75.1 Å². The lowest BCUT2D eigenvalue weighted by Gasteiger charge is -2.06. The molecule has 1 aromatic carbocycles. The number of benzene rings is 1. The zero-order valence-corrected chi connectivity index (χ0v) is 13.6. The predicted molar refractivity (Wildman–Crippen MR) is 89.7 cm³/mol. The summed E-state index contributed by atoms with van der Waals surface area (Å²) in [5.41, 5.74) is 1.65. The Morgan fingerprint density at radius 3 is 2.82 bits per heavy atom. The summed E-state index contributed by atoms with van der Waals surface area (Å²) in [5.74, 6) is -0.550. The van der Waals surface area contributed by atoms with Crippen LogP contribution in [0, 0.1) is 0 Å². The zero-order valence-electron chi connectivity index (χ0n) is 11.2. The van der Waals surface area contributed by atoms with Gasteiger partial charge in [-0.05, 0) is 52.3 Å². The van der Waals surface area contributed by atoms with Crippen molar-refractivity contribution in [1.82, 2.24) is 9.97 Å². The minimum absolute atomic E-state index is 0.211. The summed E-state index contributed by atoms with van der Waals surface area (Å²) in [4.78, 5) is 20.6. The number of hydrogen-bond acceptors (Lipinski definition) is 5. The first-order chi connectivity index (χ1) is 10.6. The molecule has 7 heteroatoms. The van der Waals surface area contributed by atoms with Crippen LogP contribution in [0.15, 0.2) is 52.4 Å². The molecule has 0 bridgehead atoms. The van der Waals surface area contributed by atoms with Crippen molar-refractivity contribution in [1.29, 1.82) is 0 Å². The monoisotopic (exact) mass is 375 g/mol. The highest BCUT2D eigenvalue weighted by Crippen LogP contribution is 2.30. The number of rotatable bonds is 4. The van der Waals surface area contributed by atoms with Crippen molar-refractivity contribution in [2.24, 2.45) is 0 Å². The predicted octanol–water partition coefficient (Wildman–Crippen LogP) is 4.41. The van der Waals surface area contributed by atoms with Gasteiger partial charge in [-0.2, -0.15) is 0 Å². The molecule has 5 nitrogen and oxygen atoms in total. The third kappa shape index (κ3) is 3.32. The fourth-order valence-corrected chi connectivity index (χ4v) is 3.22. The lowest BCUT2D eigenvalue weighted by molar-refractivity contribution is 0.0697.